The van der Waals surface area contributed by atoms with Crippen molar-refractivity contribution >= 4 is 10.8 Å². The predicted octanol–water partition coefficient (Wildman–Crippen LogP) is 2.31. The van der Waals surface area contributed by atoms with Crippen molar-refractivity contribution in [3.8, 4) is 0 Å². The molecule has 1 saturated carbocycles. The number of unbranched alkanes of at least 4 members (excludes halogenated alkanes) is 1. The lowest BCUT2D eigenvalue weighted by atomic mass is 9.97. The van der Waals surface area contributed by atoms with Crippen LogP contribution in [-0.4, -0.2) is 28.8 Å². The summed E-state index contributed by atoms with van der Waals surface area (Å²) in [5.74, 6) is 1.69. The molecule has 2 nitrogen and oxygen atoms in total. The van der Waals surface area contributed by atoms with E-state index in [1.165, 1.54) is 38.5 Å². The maximum atomic E-state index is 10.9. The zero-order valence-corrected chi connectivity index (χ0v) is 10.9. The fraction of sp³-hybridized carbons (Fsp3) is 1.00. The summed E-state index contributed by atoms with van der Waals surface area (Å²) in [5.41, 5.74) is 0. The summed E-state index contributed by atoms with van der Waals surface area (Å²) in [6.07, 6.45) is 9.93. The summed E-state index contributed by atoms with van der Waals surface area (Å²) in [7, 11) is -0.645. The molecule has 0 saturated heterocycles. The number of hydrogen-bond acceptors (Lipinski definition) is 2. The van der Waals surface area contributed by atoms with Crippen molar-refractivity contribution in [1.29, 1.82) is 0 Å². The van der Waals surface area contributed by atoms with E-state index in [1.54, 1.807) is 6.26 Å². The van der Waals surface area contributed by atoms with Crippen molar-refractivity contribution < 1.29 is 4.21 Å². The highest BCUT2D eigenvalue weighted by molar-refractivity contribution is 7.84. The van der Waals surface area contributed by atoms with Crippen LogP contribution in [0.15, 0.2) is 0 Å². The van der Waals surface area contributed by atoms with Gasteiger partial charge in [-0.25, -0.2) is 0 Å². The Morgan fingerprint density at radius 3 is 2.87 bits per heavy atom. The Hall–Kier alpha value is 0.110. The van der Waals surface area contributed by atoms with Crippen molar-refractivity contribution in [2.45, 2.75) is 51.5 Å². The van der Waals surface area contributed by atoms with E-state index in [0.717, 1.165) is 18.2 Å². The summed E-state index contributed by atoms with van der Waals surface area (Å²) in [4.78, 5) is 0. The number of nitrogens with one attached hydrogen (secondary N) is 1. The minimum Gasteiger partial charge on any atom is -0.313 e. The Kier molecular flexibility index (Phi) is 6.50. The monoisotopic (exact) mass is 231 g/mol. The molecule has 0 aromatic rings. The van der Waals surface area contributed by atoms with Crippen LogP contribution in [0.3, 0.4) is 0 Å². The molecule has 1 N–H and O–H groups in total. The van der Waals surface area contributed by atoms with Crippen LogP contribution >= 0.6 is 0 Å². The number of hydrogen-bond donors (Lipinski definition) is 1. The molecule has 0 aromatic carbocycles. The summed E-state index contributed by atoms with van der Waals surface area (Å²) >= 11 is 0. The van der Waals surface area contributed by atoms with E-state index >= 15 is 0 Å². The molecular weight excluding hydrogens is 206 g/mol. The van der Waals surface area contributed by atoms with Gasteiger partial charge in [0, 0.05) is 35.4 Å². The minimum absolute atomic E-state index is 0.645. The molecule has 0 aromatic heterocycles. The average molecular weight is 231 g/mol. The lowest BCUT2D eigenvalue weighted by Gasteiger charge is -2.20. The van der Waals surface area contributed by atoms with Crippen LogP contribution in [0, 0.1) is 5.92 Å². The van der Waals surface area contributed by atoms with Crippen molar-refractivity contribution in [1.82, 2.24) is 5.32 Å². The highest BCUT2D eigenvalue weighted by atomic mass is 32.2. The maximum Gasteiger partial charge on any atom is 0.0357 e. The first-order valence-electron chi connectivity index (χ1n) is 6.27. The highest BCUT2D eigenvalue weighted by Crippen LogP contribution is 2.29. The van der Waals surface area contributed by atoms with Gasteiger partial charge in [-0.15, -0.1) is 0 Å². The van der Waals surface area contributed by atoms with Crippen LogP contribution in [0.4, 0.5) is 0 Å². The summed E-state index contributed by atoms with van der Waals surface area (Å²) in [6.45, 7) is 3.19. The molecule has 1 fully saturated rings. The zero-order chi connectivity index (χ0) is 11.1. The molecule has 1 aliphatic carbocycles. The standard InChI is InChI=1S/C12H25NOS/c1-3-4-6-11-7-5-8-12(11)13-9-10-15(2)14/h11-13H,3-10H2,1-2H3. The summed E-state index contributed by atoms with van der Waals surface area (Å²) in [5, 5.41) is 3.58. The third-order valence-corrected chi connectivity index (χ3v) is 4.16. The summed E-state index contributed by atoms with van der Waals surface area (Å²) in [6, 6.07) is 0.708. The second-order valence-corrected chi connectivity index (χ2v) is 6.23. The van der Waals surface area contributed by atoms with E-state index in [-0.39, 0.29) is 0 Å². The predicted molar refractivity (Wildman–Crippen MR) is 67.6 cm³/mol. The van der Waals surface area contributed by atoms with Gasteiger partial charge in [-0.3, -0.25) is 4.21 Å². The van der Waals surface area contributed by atoms with Crippen LogP contribution in [0.25, 0.3) is 0 Å². The van der Waals surface area contributed by atoms with Crippen LogP contribution in [0.5, 0.6) is 0 Å². The molecule has 0 heterocycles. The average Bonchev–Trinajstić information content (AvgIpc) is 2.62. The fourth-order valence-corrected chi connectivity index (χ4v) is 2.91. The molecule has 0 bridgehead atoms. The first-order valence-corrected chi connectivity index (χ1v) is 8.00. The van der Waals surface area contributed by atoms with E-state index in [9.17, 15) is 4.21 Å². The maximum absolute atomic E-state index is 10.9. The van der Waals surface area contributed by atoms with Gasteiger partial charge in [0.1, 0.15) is 0 Å². The van der Waals surface area contributed by atoms with Gasteiger partial charge in [0.2, 0.25) is 0 Å². The molecule has 0 amide bonds. The van der Waals surface area contributed by atoms with E-state index in [4.69, 9.17) is 0 Å². The van der Waals surface area contributed by atoms with E-state index in [1.807, 2.05) is 0 Å². The van der Waals surface area contributed by atoms with E-state index in [0.29, 0.717) is 6.04 Å². The molecule has 1 rings (SSSR count). The Labute approximate surface area is 96.7 Å². The Morgan fingerprint density at radius 2 is 2.20 bits per heavy atom. The third-order valence-electron chi connectivity index (χ3n) is 3.38. The minimum atomic E-state index is -0.645. The molecule has 0 aliphatic heterocycles. The molecule has 0 spiro atoms. The first kappa shape index (κ1) is 13.2. The molecule has 3 atom stereocenters. The van der Waals surface area contributed by atoms with Gasteiger partial charge in [0.15, 0.2) is 0 Å². The molecule has 3 heteroatoms. The Bertz CT molecular complexity index is 196. The quantitative estimate of drug-likeness (QED) is 0.728. The van der Waals surface area contributed by atoms with E-state index in [2.05, 4.69) is 12.2 Å². The zero-order valence-electron chi connectivity index (χ0n) is 10.1. The molecule has 0 radical (unpaired) electrons. The van der Waals surface area contributed by atoms with Crippen LogP contribution < -0.4 is 5.32 Å². The van der Waals surface area contributed by atoms with Crippen molar-refractivity contribution in [2.24, 2.45) is 5.92 Å². The van der Waals surface area contributed by atoms with Crippen LogP contribution in [-0.2, 0) is 10.8 Å². The van der Waals surface area contributed by atoms with Crippen molar-refractivity contribution in [2.75, 3.05) is 18.6 Å². The SMILES string of the molecule is CCCCC1CCCC1NCCS(C)=O. The fourth-order valence-electron chi connectivity index (χ4n) is 2.51. The summed E-state index contributed by atoms with van der Waals surface area (Å²) < 4.78 is 10.9. The van der Waals surface area contributed by atoms with Gasteiger partial charge in [-0.2, -0.15) is 0 Å². The van der Waals surface area contributed by atoms with Crippen molar-refractivity contribution in [3.05, 3.63) is 0 Å². The molecular formula is C12H25NOS. The van der Waals surface area contributed by atoms with E-state index < -0.39 is 10.8 Å². The van der Waals surface area contributed by atoms with Gasteiger partial charge < -0.3 is 5.32 Å². The third kappa shape index (κ3) is 5.12. The van der Waals surface area contributed by atoms with Gasteiger partial charge in [0.05, 0.1) is 0 Å². The largest absolute Gasteiger partial charge is 0.313 e. The lowest BCUT2D eigenvalue weighted by Crippen LogP contribution is -2.35. The van der Waals surface area contributed by atoms with Gasteiger partial charge >= 0.3 is 0 Å². The molecule has 90 valence electrons. The molecule has 15 heavy (non-hydrogen) atoms. The lowest BCUT2D eigenvalue weighted by molar-refractivity contribution is 0.376. The first-order chi connectivity index (χ1) is 7.24. The Balaban J connectivity index is 2.17. The molecule has 3 unspecified atom stereocenters. The van der Waals surface area contributed by atoms with Gasteiger partial charge in [-0.05, 0) is 25.2 Å². The molecule has 1 aliphatic rings. The Morgan fingerprint density at radius 1 is 1.40 bits per heavy atom. The van der Waals surface area contributed by atoms with Crippen LogP contribution in [0.2, 0.25) is 0 Å². The van der Waals surface area contributed by atoms with Gasteiger partial charge in [-0.1, -0.05) is 26.2 Å². The number of rotatable bonds is 7. The van der Waals surface area contributed by atoms with Gasteiger partial charge in [0.25, 0.3) is 0 Å². The van der Waals surface area contributed by atoms with Crippen molar-refractivity contribution in [3.63, 3.8) is 0 Å². The second kappa shape index (κ2) is 7.39. The topological polar surface area (TPSA) is 29.1 Å². The normalized spacial score (nSPS) is 28.1. The second-order valence-electron chi connectivity index (χ2n) is 4.67. The highest BCUT2D eigenvalue weighted by Gasteiger charge is 2.25. The van der Waals surface area contributed by atoms with Crippen LogP contribution in [0.1, 0.15) is 45.4 Å². The smallest absolute Gasteiger partial charge is 0.0357 e.